The molecular weight excluding hydrogens is 357 g/mol. The highest BCUT2D eigenvalue weighted by Gasteiger charge is 2.19. The van der Waals surface area contributed by atoms with Gasteiger partial charge < -0.3 is 10.2 Å². The van der Waals surface area contributed by atoms with Crippen molar-refractivity contribution in [2.24, 2.45) is 0 Å². The molecule has 132 valence electrons. The third-order valence-electron chi connectivity index (χ3n) is 4.31. The second-order valence-electron chi connectivity index (χ2n) is 6.27. The van der Waals surface area contributed by atoms with Crippen molar-refractivity contribution >= 4 is 40.5 Å². The molecule has 0 aromatic heterocycles. The number of carbonyl (C=O) groups excluding carboxylic acids is 1. The van der Waals surface area contributed by atoms with E-state index >= 15 is 0 Å². The van der Waals surface area contributed by atoms with Gasteiger partial charge in [0.2, 0.25) is 5.91 Å². The van der Waals surface area contributed by atoms with E-state index < -0.39 is 0 Å². The van der Waals surface area contributed by atoms with E-state index in [9.17, 15) is 4.79 Å². The van der Waals surface area contributed by atoms with E-state index in [0.29, 0.717) is 17.3 Å². The number of benzene rings is 2. The first-order valence-corrected chi connectivity index (χ1v) is 9.06. The minimum absolute atomic E-state index is 0.0399. The quantitative estimate of drug-likeness (QED) is 0.872. The molecular formula is C19H21Cl2N3O. The van der Waals surface area contributed by atoms with Crippen molar-refractivity contribution < 1.29 is 4.79 Å². The molecule has 2 aromatic rings. The summed E-state index contributed by atoms with van der Waals surface area (Å²) in [6, 6.07) is 13.5. The van der Waals surface area contributed by atoms with Gasteiger partial charge in [-0.3, -0.25) is 9.69 Å². The fourth-order valence-electron chi connectivity index (χ4n) is 2.95. The molecule has 1 N–H and O–H groups in total. The van der Waals surface area contributed by atoms with Crippen LogP contribution in [-0.4, -0.2) is 43.5 Å². The average Bonchev–Trinajstić information content (AvgIpc) is 2.58. The first kappa shape index (κ1) is 18.1. The monoisotopic (exact) mass is 377 g/mol. The average molecular weight is 378 g/mol. The number of piperazine rings is 1. The van der Waals surface area contributed by atoms with Gasteiger partial charge in [0.1, 0.15) is 0 Å². The zero-order valence-electron chi connectivity index (χ0n) is 14.1. The number of rotatable bonds is 4. The van der Waals surface area contributed by atoms with Crippen molar-refractivity contribution in [1.29, 1.82) is 0 Å². The predicted octanol–water partition coefficient (Wildman–Crippen LogP) is 4.06. The lowest BCUT2D eigenvalue weighted by molar-refractivity contribution is -0.117. The smallest absolute Gasteiger partial charge is 0.238 e. The number of halogens is 2. The number of hydrogen-bond donors (Lipinski definition) is 1. The first-order chi connectivity index (χ1) is 12.0. The minimum atomic E-state index is -0.0399. The third kappa shape index (κ3) is 4.88. The SMILES string of the molecule is Cc1ccc(NC(=O)CN2CCN(c3cccc(Cl)c3)CC2)c(Cl)c1. The van der Waals surface area contributed by atoms with Crippen molar-refractivity contribution in [3.05, 3.63) is 58.1 Å². The van der Waals surface area contributed by atoms with Crippen molar-refractivity contribution in [1.82, 2.24) is 4.90 Å². The van der Waals surface area contributed by atoms with Gasteiger partial charge in [-0.2, -0.15) is 0 Å². The fourth-order valence-corrected chi connectivity index (χ4v) is 3.42. The Morgan fingerprint density at radius 1 is 1.08 bits per heavy atom. The highest BCUT2D eigenvalue weighted by Crippen LogP contribution is 2.23. The Balaban J connectivity index is 1.51. The van der Waals surface area contributed by atoms with Gasteiger partial charge in [-0.05, 0) is 42.8 Å². The maximum atomic E-state index is 12.3. The van der Waals surface area contributed by atoms with Gasteiger partial charge in [0.05, 0.1) is 17.3 Å². The second kappa shape index (κ2) is 8.09. The summed E-state index contributed by atoms with van der Waals surface area (Å²) in [4.78, 5) is 16.7. The maximum absolute atomic E-state index is 12.3. The highest BCUT2D eigenvalue weighted by molar-refractivity contribution is 6.33. The molecule has 1 heterocycles. The van der Waals surface area contributed by atoms with E-state index in [4.69, 9.17) is 23.2 Å². The van der Waals surface area contributed by atoms with Crippen LogP contribution in [0.15, 0.2) is 42.5 Å². The molecule has 0 radical (unpaired) electrons. The molecule has 0 atom stereocenters. The van der Waals surface area contributed by atoms with Crippen molar-refractivity contribution in [3.63, 3.8) is 0 Å². The normalized spacial score (nSPS) is 15.2. The largest absolute Gasteiger partial charge is 0.369 e. The van der Waals surface area contributed by atoms with E-state index in [1.165, 1.54) is 0 Å². The lowest BCUT2D eigenvalue weighted by atomic mass is 10.2. The molecule has 25 heavy (non-hydrogen) atoms. The highest BCUT2D eigenvalue weighted by atomic mass is 35.5. The molecule has 0 bridgehead atoms. The van der Waals surface area contributed by atoms with E-state index in [2.05, 4.69) is 21.2 Å². The van der Waals surface area contributed by atoms with Crippen LogP contribution in [0.1, 0.15) is 5.56 Å². The summed E-state index contributed by atoms with van der Waals surface area (Å²) in [5, 5.41) is 4.20. The molecule has 6 heteroatoms. The Morgan fingerprint density at radius 2 is 1.84 bits per heavy atom. The van der Waals surface area contributed by atoms with Gasteiger partial charge in [-0.25, -0.2) is 0 Å². The minimum Gasteiger partial charge on any atom is -0.369 e. The summed E-state index contributed by atoms with van der Waals surface area (Å²) >= 11 is 12.2. The Kier molecular flexibility index (Phi) is 5.84. The van der Waals surface area contributed by atoms with E-state index in [0.717, 1.165) is 42.5 Å². The van der Waals surface area contributed by atoms with Crippen LogP contribution in [0.25, 0.3) is 0 Å². The first-order valence-electron chi connectivity index (χ1n) is 8.30. The molecule has 1 aliphatic rings. The molecule has 1 amide bonds. The van der Waals surface area contributed by atoms with Gasteiger partial charge in [0.15, 0.2) is 0 Å². The standard InChI is InChI=1S/C19H21Cl2N3O/c1-14-5-6-18(17(21)11-14)22-19(25)13-23-7-9-24(10-8-23)16-4-2-3-15(20)12-16/h2-6,11-12H,7-10,13H2,1H3,(H,22,25). The molecule has 0 saturated carbocycles. The summed E-state index contributed by atoms with van der Waals surface area (Å²) in [6.45, 7) is 5.76. The number of nitrogens with one attached hydrogen (secondary N) is 1. The Hall–Kier alpha value is -1.75. The number of nitrogens with zero attached hydrogens (tertiary/aromatic N) is 2. The summed E-state index contributed by atoms with van der Waals surface area (Å²) in [7, 11) is 0. The van der Waals surface area contributed by atoms with Crippen LogP contribution in [-0.2, 0) is 4.79 Å². The van der Waals surface area contributed by atoms with Crippen LogP contribution in [0.2, 0.25) is 10.0 Å². The van der Waals surface area contributed by atoms with Crippen LogP contribution < -0.4 is 10.2 Å². The van der Waals surface area contributed by atoms with E-state index in [1.807, 2.05) is 43.3 Å². The fraction of sp³-hybridized carbons (Fsp3) is 0.316. The molecule has 1 fully saturated rings. The second-order valence-corrected chi connectivity index (χ2v) is 7.12. The van der Waals surface area contributed by atoms with Crippen molar-refractivity contribution in [2.75, 3.05) is 42.9 Å². The topological polar surface area (TPSA) is 35.6 Å². The van der Waals surface area contributed by atoms with Gasteiger partial charge in [-0.15, -0.1) is 0 Å². The summed E-state index contributed by atoms with van der Waals surface area (Å²) in [6.07, 6.45) is 0. The van der Waals surface area contributed by atoms with Crippen LogP contribution in [0.5, 0.6) is 0 Å². The van der Waals surface area contributed by atoms with E-state index in [1.54, 1.807) is 0 Å². The number of amides is 1. The van der Waals surface area contributed by atoms with Gasteiger partial charge >= 0.3 is 0 Å². The van der Waals surface area contributed by atoms with Crippen molar-refractivity contribution in [2.45, 2.75) is 6.92 Å². The Labute approximate surface area is 158 Å². The van der Waals surface area contributed by atoms with Crippen LogP contribution in [0, 0.1) is 6.92 Å². The van der Waals surface area contributed by atoms with Crippen molar-refractivity contribution in [3.8, 4) is 0 Å². The molecule has 1 saturated heterocycles. The molecule has 3 rings (SSSR count). The predicted molar refractivity (Wildman–Crippen MR) is 105 cm³/mol. The molecule has 0 unspecified atom stereocenters. The third-order valence-corrected chi connectivity index (χ3v) is 4.86. The number of anilines is 2. The van der Waals surface area contributed by atoms with Crippen LogP contribution >= 0.6 is 23.2 Å². The van der Waals surface area contributed by atoms with Crippen LogP contribution in [0.3, 0.4) is 0 Å². The lowest BCUT2D eigenvalue weighted by Gasteiger charge is -2.35. The van der Waals surface area contributed by atoms with Crippen LogP contribution in [0.4, 0.5) is 11.4 Å². The molecule has 0 spiro atoms. The molecule has 0 aliphatic carbocycles. The number of aryl methyl sites for hydroxylation is 1. The van der Waals surface area contributed by atoms with Gasteiger partial charge in [0, 0.05) is 36.9 Å². The number of carbonyl (C=O) groups is 1. The molecule has 1 aliphatic heterocycles. The summed E-state index contributed by atoms with van der Waals surface area (Å²) in [5.74, 6) is -0.0399. The van der Waals surface area contributed by atoms with E-state index in [-0.39, 0.29) is 5.91 Å². The Morgan fingerprint density at radius 3 is 2.52 bits per heavy atom. The zero-order chi connectivity index (χ0) is 17.8. The maximum Gasteiger partial charge on any atom is 0.238 e. The molecule has 4 nitrogen and oxygen atoms in total. The summed E-state index contributed by atoms with van der Waals surface area (Å²) in [5.41, 5.74) is 2.86. The Bertz CT molecular complexity index is 758. The number of hydrogen-bond acceptors (Lipinski definition) is 3. The lowest BCUT2D eigenvalue weighted by Crippen LogP contribution is -2.48. The van der Waals surface area contributed by atoms with Gasteiger partial charge in [-0.1, -0.05) is 35.3 Å². The molecule has 2 aromatic carbocycles. The van der Waals surface area contributed by atoms with Gasteiger partial charge in [0.25, 0.3) is 0 Å². The zero-order valence-corrected chi connectivity index (χ0v) is 15.6. The summed E-state index contributed by atoms with van der Waals surface area (Å²) < 4.78 is 0.